The van der Waals surface area contributed by atoms with Crippen LogP contribution in [0.2, 0.25) is 0 Å². The highest BCUT2D eigenvalue weighted by Gasteiger charge is 2.42. The second-order valence-corrected chi connectivity index (χ2v) is 7.09. The number of carbonyl (C=O) groups is 1. The molecule has 0 aliphatic carbocycles. The van der Waals surface area contributed by atoms with Crippen molar-refractivity contribution in [3.05, 3.63) is 29.3 Å². The second kappa shape index (κ2) is 5.16. The predicted octanol–water partition coefficient (Wildman–Crippen LogP) is 0.798. The molecule has 8 heteroatoms. The molecular weight excluding hydrogens is 296 g/mol. The molecule has 2 aromatic heterocycles. The number of carbonyl (C=O) groups excluding carboxylic acids is 1. The summed E-state index contributed by atoms with van der Waals surface area (Å²) in [5.41, 5.74) is 0.546. The summed E-state index contributed by atoms with van der Waals surface area (Å²) < 4.78 is 1.85. The van der Waals surface area contributed by atoms with Gasteiger partial charge >= 0.3 is 0 Å². The summed E-state index contributed by atoms with van der Waals surface area (Å²) in [6, 6.07) is 0. The lowest BCUT2D eigenvalue weighted by Gasteiger charge is -2.23. The average Bonchev–Trinajstić information content (AvgIpc) is 3.16. The van der Waals surface area contributed by atoms with Gasteiger partial charge in [0, 0.05) is 18.7 Å². The van der Waals surface area contributed by atoms with E-state index in [1.165, 1.54) is 6.20 Å². The summed E-state index contributed by atoms with van der Waals surface area (Å²) >= 11 is 0. The first-order chi connectivity index (χ1) is 10.7. The molecule has 2 aromatic rings. The zero-order valence-corrected chi connectivity index (χ0v) is 13.9. The van der Waals surface area contributed by atoms with Gasteiger partial charge in [0.2, 0.25) is 0 Å². The molecule has 3 rings (SSSR count). The molecule has 0 radical (unpaired) electrons. The topological polar surface area (TPSA) is 99.9 Å². The number of likely N-dealkylation sites (tertiary alicyclic amines) is 1. The molecule has 0 bridgehead atoms. The summed E-state index contributed by atoms with van der Waals surface area (Å²) in [4.78, 5) is 14.4. The van der Waals surface area contributed by atoms with Crippen LogP contribution in [-0.4, -0.2) is 54.2 Å². The third kappa shape index (κ3) is 2.63. The Kier molecular flexibility index (Phi) is 3.51. The standard InChI is InChI=1S/C15H22N6O2/c1-10-11(7-17-21(10)14(2,3)4)13(22)20-6-5-15(23,9-20)12-8-16-19-18-12/h7-8,23H,5-6,9H2,1-4H3,(H,16,18,19)/t15-/m1/s1. The highest BCUT2D eigenvalue weighted by Crippen LogP contribution is 2.31. The molecule has 1 fully saturated rings. The third-order valence-electron chi connectivity index (χ3n) is 4.30. The molecular formula is C15H22N6O2. The van der Waals surface area contributed by atoms with E-state index in [0.717, 1.165) is 5.69 Å². The van der Waals surface area contributed by atoms with Gasteiger partial charge in [-0.2, -0.15) is 20.5 Å². The van der Waals surface area contributed by atoms with E-state index < -0.39 is 5.60 Å². The number of rotatable bonds is 2. The van der Waals surface area contributed by atoms with E-state index >= 15 is 0 Å². The van der Waals surface area contributed by atoms with Gasteiger partial charge in [-0.15, -0.1) is 0 Å². The van der Waals surface area contributed by atoms with E-state index in [-0.39, 0.29) is 18.0 Å². The molecule has 0 spiro atoms. The van der Waals surface area contributed by atoms with Crippen LogP contribution in [0.5, 0.6) is 0 Å². The Morgan fingerprint density at radius 2 is 2.13 bits per heavy atom. The molecule has 0 aromatic carbocycles. The molecule has 1 aliphatic heterocycles. The van der Waals surface area contributed by atoms with Crippen LogP contribution in [0.3, 0.4) is 0 Å². The summed E-state index contributed by atoms with van der Waals surface area (Å²) in [6.45, 7) is 8.70. The van der Waals surface area contributed by atoms with E-state index in [1.807, 2.05) is 32.4 Å². The molecule has 23 heavy (non-hydrogen) atoms. The molecule has 1 saturated heterocycles. The minimum atomic E-state index is -1.14. The lowest BCUT2D eigenvalue weighted by Crippen LogP contribution is -2.35. The predicted molar refractivity (Wildman–Crippen MR) is 82.8 cm³/mol. The van der Waals surface area contributed by atoms with Gasteiger partial charge in [-0.1, -0.05) is 0 Å². The van der Waals surface area contributed by atoms with Crippen molar-refractivity contribution in [2.24, 2.45) is 0 Å². The highest BCUT2D eigenvalue weighted by molar-refractivity contribution is 5.95. The van der Waals surface area contributed by atoms with Crippen molar-refractivity contribution in [3.8, 4) is 0 Å². The number of β-amino-alcohol motifs (C(OH)–C–C–N with tert-alkyl or cyclic N) is 1. The van der Waals surface area contributed by atoms with Crippen LogP contribution in [0.1, 0.15) is 48.9 Å². The van der Waals surface area contributed by atoms with E-state index in [4.69, 9.17) is 0 Å². The van der Waals surface area contributed by atoms with Gasteiger partial charge in [0.1, 0.15) is 11.3 Å². The summed E-state index contributed by atoms with van der Waals surface area (Å²) in [5, 5.41) is 25.2. The largest absolute Gasteiger partial charge is 0.381 e. The Labute approximate surface area is 134 Å². The van der Waals surface area contributed by atoms with Crippen molar-refractivity contribution < 1.29 is 9.90 Å². The SMILES string of the molecule is Cc1c(C(=O)N2CC[C@](O)(c3cn[nH]n3)C2)cnn1C(C)(C)C. The average molecular weight is 318 g/mol. The number of aromatic amines is 1. The molecule has 124 valence electrons. The monoisotopic (exact) mass is 318 g/mol. The van der Waals surface area contributed by atoms with Crippen LogP contribution in [0.25, 0.3) is 0 Å². The Morgan fingerprint density at radius 3 is 2.70 bits per heavy atom. The normalized spacial score (nSPS) is 21.9. The van der Waals surface area contributed by atoms with E-state index in [2.05, 4.69) is 20.5 Å². The number of H-pyrrole nitrogens is 1. The Bertz CT molecular complexity index is 715. The van der Waals surface area contributed by atoms with E-state index in [0.29, 0.717) is 24.2 Å². The maximum absolute atomic E-state index is 12.8. The number of hydrogen-bond acceptors (Lipinski definition) is 5. The first-order valence-corrected chi connectivity index (χ1v) is 7.65. The summed E-state index contributed by atoms with van der Waals surface area (Å²) in [5.74, 6) is -0.114. The van der Waals surface area contributed by atoms with Gasteiger partial charge in [0.25, 0.3) is 5.91 Å². The highest BCUT2D eigenvalue weighted by atomic mass is 16.3. The lowest BCUT2D eigenvalue weighted by molar-refractivity contribution is 0.0381. The number of nitrogens with one attached hydrogen (secondary N) is 1. The number of hydrogen-bond donors (Lipinski definition) is 2. The molecule has 1 atom stereocenters. The number of nitrogens with zero attached hydrogens (tertiary/aromatic N) is 5. The maximum Gasteiger partial charge on any atom is 0.257 e. The van der Waals surface area contributed by atoms with Crippen molar-refractivity contribution in [1.82, 2.24) is 30.1 Å². The van der Waals surface area contributed by atoms with Gasteiger partial charge in [-0.25, -0.2) is 0 Å². The molecule has 3 heterocycles. The fourth-order valence-electron chi connectivity index (χ4n) is 3.07. The van der Waals surface area contributed by atoms with Gasteiger partial charge in [0.05, 0.1) is 30.0 Å². The van der Waals surface area contributed by atoms with Gasteiger partial charge in [-0.3, -0.25) is 9.48 Å². The third-order valence-corrected chi connectivity index (χ3v) is 4.30. The molecule has 1 aliphatic rings. The van der Waals surface area contributed by atoms with Crippen LogP contribution in [0.15, 0.2) is 12.4 Å². The zero-order valence-electron chi connectivity index (χ0n) is 13.9. The Morgan fingerprint density at radius 1 is 1.39 bits per heavy atom. The molecule has 0 saturated carbocycles. The first-order valence-electron chi connectivity index (χ1n) is 7.65. The van der Waals surface area contributed by atoms with Gasteiger partial charge in [0.15, 0.2) is 0 Å². The smallest absolute Gasteiger partial charge is 0.257 e. The van der Waals surface area contributed by atoms with Crippen molar-refractivity contribution in [3.63, 3.8) is 0 Å². The van der Waals surface area contributed by atoms with Crippen molar-refractivity contribution in [1.29, 1.82) is 0 Å². The lowest BCUT2D eigenvalue weighted by atomic mass is 10.00. The fraction of sp³-hybridized carbons (Fsp3) is 0.600. The molecule has 1 amide bonds. The zero-order chi connectivity index (χ0) is 16.8. The van der Waals surface area contributed by atoms with Crippen LogP contribution in [-0.2, 0) is 11.1 Å². The molecule has 0 unspecified atom stereocenters. The second-order valence-electron chi connectivity index (χ2n) is 7.09. The van der Waals surface area contributed by atoms with Crippen molar-refractivity contribution >= 4 is 5.91 Å². The first kappa shape index (κ1) is 15.7. The number of aliphatic hydroxyl groups is 1. The summed E-state index contributed by atoms with van der Waals surface area (Å²) in [6.07, 6.45) is 3.55. The Hall–Kier alpha value is -2.22. The van der Waals surface area contributed by atoms with Gasteiger partial charge < -0.3 is 10.0 Å². The van der Waals surface area contributed by atoms with Crippen LogP contribution < -0.4 is 0 Å². The van der Waals surface area contributed by atoms with E-state index in [9.17, 15) is 9.90 Å². The quantitative estimate of drug-likeness (QED) is 0.853. The molecule has 2 N–H and O–H groups in total. The van der Waals surface area contributed by atoms with E-state index in [1.54, 1.807) is 11.1 Å². The van der Waals surface area contributed by atoms with Crippen LogP contribution in [0.4, 0.5) is 0 Å². The minimum absolute atomic E-state index is 0.114. The van der Waals surface area contributed by atoms with Crippen LogP contribution in [0, 0.1) is 6.92 Å². The minimum Gasteiger partial charge on any atom is -0.381 e. The van der Waals surface area contributed by atoms with Crippen LogP contribution >= 0.6 is 0 Å². The number of amides is 1. The van der Waals surface area contributed by atoms with Gasteiger partial charge in [-0.05, 0) is 27.7 Å². The molecule has 8 nitrogen and oxygen atoms in total. The fourth-order valence-corrected chi connectivity index (χ4v) is 3.07. The Balaban J connectivity index is 1.82. The summed E-state index contributed by atoms with van der Waals surface area (Å²) in [7, 11) is 0. The van der Waals surface area contributed by atoms with Crippen molar-refractivity contribution in [2.45, 2.75) is 45.3 Å². The number of aromatic nitrogens is 5. The maximum atomic E-state index is 12.8. The van der Waals surface area contributed by atoms with Crippen molar-refractivity contribution in [2.75, 3.05) is 13.1 Å².